The minimum Gasteiger partial charge on any atom is -0.351 e. The molecule has 0 aromatic carbocycles. The van der Waals surface area contributed by atoms with E-state index in [0.717, 1.165) is 99.9 Å². The number of hydrogen-bond donors (Lipinski definition) is 6. The predicted molar refractivity (Wildman–Crippen MR) is 277 cm³/mol. The van der Waals surface area contributed by atoms with Crippen LogP contribution in [0.5, 0.6) is 0 Å². The quantitative estimate of drug-likeness (QED) is 0.0578. The molecule has 4 aliphatic heterocycles. The molecule has 23 heteroatoms. The molecule has 0 bridgehead atoms. The molecule has 2 aliphatic carbocycles. The van der Waals surface area contributed by atoms with Crippen LogP contribution in [-0.2, 0) is 32.3 Å². The highest BCUT2D eigenvalue weighted by Gasteiger charge is 2.56. The van der Waals surface area contributed by atoms with E-state index >= 15 is 0 Å². The minimum atomic E-state index is -0.394. The van der Waals surface area contributed by atoms with Crippen LogP contribution in [0, 0.1) is 0 Å². The highest BCUT2D eigenvalue weighted by Crippen LogP contribution is 2.50. The molecule has 2 saturated carbocycles. The maximum atomic E-state index is 13.1. The molecule has 378 valence electrons. The zero-order valence-electron chi connectivity index (χ0n) is 40.4. The van der Waals surface area contributed by atoms with Crippen molar-refractivity contribution in [3.8, 4) is 21.4 Å². The van der Waals surface area contributed by atoms with Crippen molar-refractivity contribution >= 4 is 92.2 Å². The van der Waals surface area contributed by atoms with Gasteiger partial charge in [-0.1, -0.05) is 0 Å². The van der Waals surface area contributed by atoms with E-state index in [4.69, 9.17) is 0 Å². The van der Waals surface area contributed by atoms with Gasteiger partial charge < -0.3 is 36.8 Å². The molecular weight excluding hydrogens is 995 g/mol. The third-order valence-corrected chi connectivity index (χ3v) is 17.3. The van der Waals surface area contributed by atoms with E-state index in [-0.39, 0.29) is 73.5 Å². The molecule has 4 aromatic heterocycles. The lowest BCUT2D eigenvalue weighted by Crippen LogP contribution is -2.32. The lowest BCUT2D eigenvalue weighted by Gasteiger charge is -2.16. The summed E-state index contributed by atoms with van der Waals surface area (Å²) in [4.78, 5) is 108. The summed E-state index contributed by atoms with van der Waals surface area (Å²) in [7, 11) is 2.00. The van der Waals surface area contributed by atoms with Crippen LogP contribution in [0.2, 0.25) is 0 Å². The summed E-state index contributed by atoms with van der Waals surface area (Å²) in [5, 5.41) is 27.9. The third-order valence-electron chi connectivity index (χ3n) is 13.9. The third kappa shape index (κ3) is 11.0. The second-order valence-corrected chi connectivity index (χ2v) is 23.1. The number of thiazole rings is 4. The Balaban J connectivity index is 0.599. The summed E-state index contributed by atoms with van der Waals surface area (Å²) in [6, 6.07) is 0.368. The van der Waals surface area contributed by atoms with Gasteiger partial charge in [0.05, 0.1) is 48.2 Å². The number of nitrogens with zero attached hydrogens (tertiary/aromatic N) is 7. The smallest absolute Gasteiger partial charge is 0.270 e. The lowest BCUT2D eigenvalue weighted by molar-refractivity contribution is -0.121. The second kappa shape index (κ2) is 20.9. The zero-order chi connectivity index (χ0) is 50.1. The molecule has 72 heavy (non-hydrogen) atoms. The van der Waals surface area contributed by atoms with E-state index in [1.54, 1.807) is 10.8 Å². The Morgan fingerprint density at radius 1 is 0.625 bits per heavy atom. The van der Waals surface area contributed by atoms with E-state index in [1.807, 2.05) is 31.7 Å². The van der Waals surface area contributed by atoms with E-state index in [2.05, 4.69) is 66.7 Å². The van der Waals surface area contributed by atoms with Crippen molar-refractivity contribution in [2.24, 2.45) is 9.98 Å². The largest absolute Gasteiger partial charge is 0.351 e. The maximum Gasteiger partial charge on any atom is 0.270 e. The van der Waals surface area contributed by atoms with Crippen LogP contribution < -0.4 is 31.9 Å². The summed E-state index contributed by atoms with van der Waals surface area (Å²) in [5.74, 6) is -1.07. The van der Waals surface area contributed by atoms with Gasteiger partial charge in [-0.25, -0.2) is 19.9 Å². The van der Waals surface area contributed by atoms with Crippen LogP contribution in [-0.4, -0.2) is 128 Å². The number of aromatic nitrogens is 4. The first-order chi connectivity index (χ1) is 34.7. The van der Waals surface area contributed by atoms with Crippen molar-refractivity contribution in [1.29, 1.82) is 0 Å². The van der Waals surface area contributed by atoms with Crippen LogP contribution in [0.15, 0.2) is 53.8 Å². The molecule has 4 aromatic rings. The highest BCUT2D eigenvalue weighted by molar-refractivity contribution is 7.14. The summed E-state index contributed by atoms with van der Waals surface area (Å²) >= 11 is 5.50. The van der Waals surface area contributed by atoms with Crippen LogP contribution >= 0.6 is 45.3 Å². The minimum absolute atomic E-state index is 0.113. The van der Waals surface area contributed by atoms with Gasteiger partial charge in [0.2, 0.25) is 11.8 Å². The maximum absolute atomic E-state index is 13.1. The normalized spacial score (nSPS) is 20.3. The van der Waals surface area contributed by atoms with Gasteiger partial charge in [-0.05, 0) is 109 Å². The Morgan fingerprint density at radius 2 is 1.06 bits per heavy atom. The molecule has 0 saturated heterocycles. The van der Waals surface area contributed by atoms with Gasteiger partial charge in [0.15, 0.2) is 0 Å². The van der Waals surface area contributed by atoms with Gasteiger partial charge in [0.1, 0.15) is 42.8 Å². The van der Waals surface area contributed by atoms with Gasteiger partial charge >= 0.3 is 0 Å². The number of aliphatic imine (C=N–C) groups is 2. The fourth-order valence-electron chi connectivity index (χ4n) is 9.71. The van der Waals surface area contributed by atoms with Crippen LogP contribution in [0.4, 0.5) is 0 Å². The van der Waals surface area contributed by atoms with Gasteiger partial charge in [-0.15, -0.1) is 45.3 Å². The Kier molecular flexibility index (Phi) is 14.4. The van der Waals surface area contributed by atoms with Crippen molar-refractivity contribution < 1.29 is 28.8 Å². The number of amides is 6. The van der Waals surface area contributed by atoms with Gasteiger partial charge in [0, 0.05) is 58.1 Å². The van der Waals surface area contributed by atoms with Crippen molar-refractivity contribution in [1.82, 2.24) is 56.7 Å². The Hall–Kier alpha value is -5.88. The van der Waals surface area contributed by atoms with Crippen molar-refractivity contribution in [3.63, 3.8) is 0 Å². The summed E-state index contributed by atoms with van der Waals surface area (Å²) in [6.07, 6.45) is 8.44. The van der Waals surface area contributed by atoms with Crippen molar-refractivity contribution in [2.75, 3.05) is 33.2 Å². The molecule has 0 radical (unpaired) electrons. The van der Waals surface area contributed by atoms with Crippen LogP contribution in [0.3, 0.4) is 0 Å². The molecule has 8 heterocycles. The molecule has 10 rings (SSSR count). The van der Waals surface area contributed by atoms with E-state index in [0.29, 0.717) is 67.0 Å². The highest BCUT2D eigenvalue weighted by atomic mass is 32.1. The molecule has 2 atom stereocenters. The Bertz CT molecular complexity index is 2760. The molecule has 6 N–H and O–H groups in total. The zero-order valence-corrected chi connectivity index (χ0v) is 43.7. The van der Waals surface area contributed by atoms with Crippen molar-refractivity contribution in [3.05, 3.63) is 65.2 Å². The Labute approximate surface area is 432 Å². The van der Waals surface area contributed by atoms with E-state index < -0.39 is 11.1 Å². The molecule has 2 fully saturated rings. The number of hydrogen-bond acceptors (Lipinski definition) is 17. The summed E-state index contributed by atoms with van der Waals surface area (Å²) < 4.78 is 0. The second-order valence-electron chi connectivity index (χ2n) is 19.5. The molecule has 6 aliphatic rings. The van der Waals surface area contributed by atoms with Gasteiger partial charge in [-0.2, -0.15) is 0 Å². The lowest BCUT2D eigenvalue weighted by atomic mass is 9.95. The first-order valence-corrected chi connectivity index (χ1v) is 28.1. The number of rotatable bonds is 22. The fraction of sp³-hybridized carbons (Fsp3) is 0.510. The molecular formula is C49H57N13O6S4. The fourth-order valence-corrected chi connectivity index (χ4v) is 12.8. The average Bonchev–Trinajstić information content (AvgIpc) is 3.92. The average molecular weight is 1050 g/mol. The monoisotopic (exact) mass is 1050 g/mol. The SMILES string of the molecule is C[C@H]1CCC(C2=C(CC(=O)NCc3nc(-c4nc(C(=O)NCCCN(C)CCCNC(=O)c5csc(-c6csc(CNC(=O)CC7=C(C8=N[C@@H](C)CC8)C(=O)NC78CC8)n6)n5)cs4)cs3)C3(CC3)NC2=O)=N1. The van der Waals surface area contributed by atoms with Gasteiger partial charge in [-0.3, -0.25) is 38.8 Å². The number of nitrogens with one attached hydrogen (secondary N) is 6. The first-order valence-electron chi connectivity index (χ1n) is 24.6. The topological polar surface area (TPSA) is 254 Å². The molecule has 19 nitrogen and oxygen atoms in total. The molecule has 2 spiro atoms. The van der Waals surface area contributed by atoms with Gasteiger partial charge in [0.25, 0.3) is 23.6 Å². The summed E-state index contributed by atoms with van der Waals surface area (Å²) in [5.41, 5.74) is 5.75. The standard InChI is InChI=1S/C49H57N13O6S4/c1-26-6-8-30(54-26)40-28(48(10-11-48)60-44(40)67)18-36(63)52-20-38-56-34(24-69-38)46-58-32(22-71-46)42(65)50-14-4-16-62(3)17-5-15-51-43(66)33-23-72-47(59-33)35-25-70-39(57-35)21-53-37(64)19-29-41(31-9-7-27(2)55-31)45(68)61-49(29)12-13-49/h22-27H,4-21H2,1-3H3,(H,50,65)(H,51,66)(H,52,63)(H,53,64)(H,60,67)(H,61,68)/t26-,27-/m0/s1. The number of carbonyl (C=O) groups excluding carboxylic acids is 6. The van der Waals surface area contributed by atoms with Crippen molar-refractivity contribution in [2.45, 2.75) is 127 Å². The number of carbonyl (C=O) groups is 6. The predicted octanol–water partition coefficient (Wildman–Crippen LogP) is 4.90. The molecule has 0 unspecified atom stereocenters. The van der Waals surface area contributed by atoms with Crippen LogP contribution in [0.1, 0.15) is 122 Å². The van der Waals surface area contributed by atoms with Crippen LogP contribution in [0.25, 0.3) is 21.4 Å². The first kappa shape index (κ1) is 49.7. The van der Waals surface area contributed by atoms with E-state index in [9.17, 15) is 28.8 Å². The Morgan fingerprint density at radius 3 is 1.44 bits per heavy atom. The van der Waals surface area contributed by atoms with E-state index in [1.165, 1.54) is 45.3 Å². The summed E-state index contributed by atoms with van der Waals surface area (Å²) in [6.45, 7) is 7.04. The molecule has 6 amide bonds.